The number of rotatable bonds is 4. The van der Waals surface area contributed by atoms with E-state index in [1.807, 2.05) is 30.9 Å². The zero-order valence-corrected chi connectivity index (χ0v) is 13.0. The van der Waals surface area contributed by atoms with Gasteiger partial charge in [-0.1, -0.05) is 12.1 Å². The lowest BCUT2D eigenvalue weighted by atomic mass is 10.1. The summed E-state index contributed by atoms with van der Waals surface area (Å²) in [5, 5.41) is 0. The number of nitrogen functional groups attached to an aromatic ring is 1. The molecule has 0 unspecified atom stereocenters. The van der Waals surface area contributed by atoms with Crippen molar-refractivity contribution in [2.24, 2.45) is 0 Å². The monoisotopic (exact) mass is 305 g/mol. The normalized spacial score (nSPS) is 10.0. The first-order valence-corrected chi connectivity index (χ1v) is 6.63. The highest BCUT2D eigenvalue weighted by Crippen LogP contribution is 2.14. The van der Waals surface area contributed by atoms with Crippen LogP contribution in [0.3, 0.4) is 0 Å². The van der Waals surface area contributed by atoms with Gasteiger partial charge >= 0.3 is 0 Å². The Kier molecular flexibility index (Phi) is 6.18. The highest BCUT2D eigenvalue weighted by atomic mass is 35.5. The Morgan fingerprint density at radius 2 is 2.05 bits per heavy atom. The van der Waals surface area contributed by atoms with Crippen LogP contribution in [0.15, 0.2) is 48.8 Å². The quantitative estimate of drug-likeness (QED) is 0.883. The first-order valence-electron chi connectivity index (χ1n) is 6.63. The standard InChI is InChI=1S/C16H19N3O.ClH/c1-12(2)19(11-13-5-4-8-18-10-13)16(20)14-6-3-7-15(17)9-14;/h3-10,12H,11,17H2,1-2H3;1H. The molecule has 2 aromatic rings. The van der Waals surface area contributed by atoms with Crippen LogP contribution in [0.2, 0.25) is 0 Å². The lowest BCUT2D eigenvalue weighted by molar-refractivity contribution is 0.0690. The second-order valence-corrected chi connectivity index (χ2v) is 5.01. The van der Waals surface area contributed by atoms with Crippen molar-refractivity contribution in [1.29, 1.82) is 0 Å². The Morgan fingerprint density at radius 1 is 1.29 bits per heavy atom. The molecule has 0 spiro atoms. The molecule has 1 aromatic heterocycles. The van der Waals surface area contributed by atoms with E-state index < -0.39 is 0 Å². The van der Waals surface area contributed by atoms with Gasteiger partial charge in [0.1, 0.15) is 0 Å². The highest BCUT2D eigenvalue weighted by molar-refractivity contribution is 5.95. The molecular formula is C16H20ClN3O. The number of carbonyl (C=O) groups is 1. The number of hydrogen-bond acceptors (Lipinski definition) is 3. The molecule has 21 heavy (non-hydrogen) atoms. The number of carbonyl (C=O) groups excluding carboxylic acids is 1. The van der Waals surface area contributed by atoms with Crippen LogP contribution in [0.25, 0.3) is 0 Å². The number of nitrogens with zero attached hydrogens (tertiary/aromatic N) is 2. The Balaban J connectivity index is 0.00000220. The van der Waals surface area contributed by atoms with Gasteiger partial charge in [-0.05, 0) is 43.7 Å². The van der Waals surface area contributed by atoms with Crippen LogP contribution in [-0.2, 0) is 6.54 Å². The van der Waals surface area contributed by atoms with Crippen LogP contribution >= 0.6 is 12.4 Å². The van der Waals surface area contributed by atoms with Crippen molar-refractivity contribution in [3.05, 3.63) is 59.9 Å². The lowest BCUT2D eigenvalue weighted by Crippen LogP contribution is -2.36. The molecular weight excluding hydrogens is 286 g/mol. The van der Waals surface area contributed by atoms with Crippen LogP contribution in [0.1, 0.15) is 29.8 Å². The number of benzene rings is 1. The summed E-state index contributed by atoms with van der Waals surface area (Å²) < 4.78 is 0. The van der Waals surface area contributed by atoms with E-state index in [1.54, 1.807) is 36.7 Å². The molecule has 112 valence electrons. The Labute approximate surface area is 131 Å². The van der Waals surface area contributed by atoms with Gasteiger partial charge in [0, 0.05) is 36.2 Å². The number of nitrogens with two attached hydrogens (primary N) is 1. The van der Waals surface area contributed by atoms with Crippen LogP contribution < -0.4 is 5.73 Å². The van der Waals surface area contributed by atoms with Gasteiger partial charge in [0.15, 0.2) is 0 Å². The number of hydrogen-bond donors (Lipinski definition) is 1. The van der Waals surface area contributed by atoms with E-state index >= 15 is 0 Å². The molecule has 2 rings (SSSR count). The van der Waals surface area contributed by atoms with Gasteiger partial charge in [0.05, 0.1) is 0 Å². The van der Waals surface area contributed by atoms with Gasteiger partial charge < -0.3 is 10.6 Å². The van der Waals surface area contributed by atoms with Gasteiger partial charge in [-0.25, -0.2) is 0 Å². The van der Waals surface area contributed by atoms with Crippen LogP contribution in [0.5, 0.6) is 0 Å². The minimum Gasteiger partial charge on any atom is -0.399 e. The highest BCUT2D eigenvalue weighted by Gasteiger charge is 2.19. The molecule has 0 atom stereocenters. The lowest BCUT2D eigenvalue weighted by Gasteiger charge is -2.27. The maximum Gasteiger partial charge on any atom is 0.254 e. The fraction of sp³-hybridized carbons (Fsp3) is 0.250. The van der Waals surface area contributed by atoms with E-state index in [1.165, 1.54) is 0 Å². The minimum absolute atomic E-state index is 0. The Hall–Kier alpha value is -2.07. The van der Waals surface area contributed by atoms with Crippen LogP contribution in [0, 0.1) is 0 Å². The summed E-state index contributed by atoms with van der Waals surface area (Å²) in [7, 11) is 0. The number of amides is 1. The zero-order valence-electron chi connectivity index (χ0n) is 12.2. The predicted molar refractivity (Wildman–Crippen MR) is 87.3 cm³/mol. The van der Waals surface area contributed by atoms with Gasteiger partial charge in [-0.3, -0.25) is 9.78 Å². The largest absolute Gasteiger partial charge is 0.399 e. The molecule has 2 N–H and O–H groups in total. The zero-order chi connectivity index (χ0) is 14.5. The van der Waals surface area contributed by atoms with E-state index in [0.717, 1.165) is 5.56 Å². The third-order valence-corrected chi connectivity index (χ3v) is 3.09. The average Bonchev–Trinajstić information content (AvgIpc) is 2.45. The van der Waals surface area contributed by atoms with Gasteiger partial charge in [-0.2, -0.15) is 0 Å². The fourth-order valence-corrected chi connectivity index (χ4v) is 2.01. The van der Waals surface area contributed by atoms with Gasteiger partial charge in [0.2, 0.25) is 0 Å². The summed E-state index contributed by atoms with van der Waals surface area (Å²) in [6.45, 7) is 4.54. The second-order valence-electron chi connectivity index (χ2n) is 5.01. The first-order chi connectivity index (χ1) is 9.58. The molecule has 0 fully saturated rings. The van der Waals surface area contributed by atoms with Gasteiger partial charge in [0.25, 0.3) is 5.91 Å². The summed E-state index contributed by atoms with van der Waals surface area (Å²) in [4.78, 5) is 18.5. The summed E-state index contributed by atoms with van der Waals surface area (Å²) in [5.41, 5.74) is 7.97. The molecule has 1 heterocycles. The van der Waals surface area contributed by atoms with Crippen molar-refractivity contribution in [2.45, 2.75) is 26.4 Å². The molecule has 0 aliphatic rings. The van der Waals surface area contributed by atoms with E-state index in [-0.39, 0.29) is 24.4 Å². The summed E-state index contributed by atoms with van der Waals surface area (Å²) in [5.74, 6) is -0.0175. The van der Waals surface area contributed by atoms with Crippen molar-refractivity contribution < 1.29 is 4.79 Å². The van der Waals surface area contributed by atoms with Crippen LogP contribution in [0.4, 0.5) is 5.69 Å². The average molecular weight is 306 g/mol. The molecule has 1 aromatic carbocycles. The molecule has 0 aliphatic heterocycles. The summed E-state index contributed by atoms with van der Waals surface area (Å²) >= 11 is 0. The van der Waals surface area contributed by atoms with Crippen molar-refractivity contribution in [3.63, 3.8) is 0 Å². The third kappa shape index (κ3) is 4.46. The second kappa shape index (κ2) is 7.64. The molecule has 0 saturated carbocycles. The van der Waals surface area contributed by atoms with E-state index in [4.69, 9.17) is 5.73 Å². The third-order valence-electron chi connectivity index (χ3n) is 3.09. The predicted octanol–water partition coefficient (Wildman–Crippen LogP) is 3.14. The number of anilines is 1. The summed E-state index contributed by atoms with van der Waals surface area (Å²) in [6, 6.07) is 11.0. The Bertz CT molecular complexity index is 587. The molecule has 1 amide bonds. The molecule has 0 aliphatic carbocycles. The number of aromatic nitrogens is 1. The summed E-state index contributed by atoms with van der Waals surface area (Å²) in [6.07, 6.45) is 3.50. The van der Waals surface area contributed by atoms with Gasteiger partial charge in [-0.15, -0.1) is 12.4 Å². The Morgan fingerprint density at radius 3 is 2.62 bits per heavy atom. The maximum atomic E-state index is 12.6. The smallest absolute Gasteiger partial charge is 0.254 e. The molecule has 5 heteroatoms. The molecule has 0 bridgehead atoms. The van der Waals surface area contributed by atoms with E-state index in [9.17, 15) is 4.79 Å². The van der Waals surface area contributed by atoms with Crippen LogP contribution in [-0.4, -0.2) is 21.8 Å². The molecule has 0 saturated heterocycles. The molecule has 4 nitrogen and oxygen atoms in total. The fourth-order valence-electron chi connectivity index (χ4n) is 2.01. The minimum atomic E-state index is -0.0175. The maximum absolute atomic E-state index is 12.6. The first kappa shape index (κ1) is 17.0. The number of halogens is 1. The topological polar surface area (TPSA) is 59.2 Å². The van der Waals surface area contributed by atoms with Crippen molar-refractivity contribution in [3.8, 4) is 0 Å². The van der Waals surface area contributed by atoms with E-state index in [2.05, 4.69) is 4.98 Å². The van der Waals surface area contributed by atoms with E-state index in [0.29, 0.717) is 17.8 Å². The van der Waals surface area contributed by atoms with Crippen molar-refractivity contribution >= 4 is 24.0 Å². The van der Waals surface area contributed by atoms with Crippen molar-refractivity contribution in [1.82, 2.24) is 9.88 Å². The SMILES string of the molecule is CC(C)N(Cc1cccnc1)C(=O)c1cccc(N)c1.Cl. The molecule has 0 radical (unpaired) electrons. The van der Waals surface area contributed by atoms with Crippen molar-refractivity contribution in [2.75, 3.05) is 5.73 Å². The number of pyridine rings is 1.